The molecular weight excluding hydrogens is 468 g/mol. The lowest BCUT2D eigenvalue weighted by Crippen LogP contribution is -2.35. The molecule has 0 aromatic heterocycles. The maximum atomic E-state index is 10.4. The summed E-state index contributed by atoms with van der Waals surface area (Å²) in [6.07, 6.45) is 13.2. The third-order valence-corrected chi connectivity index (χ3v) is 7.14. The van der Waals surface area contributed by atoms with Gasteiger partial charge in [-0.25, -0.2) is 0 Å². The lowest BCUT2D eigenvalue weighted by atomic mass is 9.93. The number of phenols is 1. The largest absolute Gasteiger partial charge is 0.592 e. The van der Waals surface area contributed by atoms with E-state index in [0.717, 1.165) is 48.6 Å². The molecule has 7 heteroatoms. The van der Waals surface area contributed by atoms with Crippen molar-refractivity contribution in [2.45, 2.75) is 90.1 Å². The van der Waals surface area contributed by atoms with Crippen LogP contribution in [0.5, 0.6) is 11.5 Å². The SMILES string of the molecule is CCCCC1[CH-]C=C(CCc2ccc(O)c(OCC(NC)[C+]3C=C(C(C)CCC(O)C(C)O)C=N3)c2)O1. The molecule has 2 heterocycles. The normalized spacial score (nSPS) is 20.1. The second-order valence-corrected chi connectivity index (χ2v) is 10.2. The Morgan fingerprint density at radius 1 is 1.22 bits per heavy atom. The number of aliphatic imine (C=N–C) groups is 1. The van der Waals surface area contributed by atoms with Crippen LogP contribution in [0.4, 0.5) is 0 Å². The molecule has 0 saturated carbocycles. The number of hydrogen-bond donors (Lipinski definition) is 4. The zero-order valence-corrected chi connectivity index (χ0v) is 22.7. The number of nitrogens with zero attached hydrogens (tertiary/aromatic N) is 1. The summed E-state index contributed by atoms with van der Waals surface area (Å²) in [5, 5.41) is 33.0. The summed E-state index contributed by atoms with van der Waals surface area (Å²) in [6.45, 7) is 6.21. The molecule has 0 radical (unpaired) electrons. The van der Waals surface area contributed by atoms with Crippen LogP contribution >= 0.6 is 0 Å². The molecule has 0 aliphatic carbocycles. The Morgan fingerprint density at radius 2 is 2.03 bits per heavy atom. The van der Waals surface area contributed by atoms with Gasteiger partial charge in [-0.1, -0.05) is 38.0 Å². The Kier molecular flexibility index (Phi) is 11.2. The molecule has 2 aliphatic rings. The first kappa shape index (κ1) is 29.0. The molecule has 1 aromatic rings. The lowest BCUT2D eigenvalue weighted by molar-refractivity contribution is 0.0235. The van der Waals surface area contributed by atoms with Crippen molar-refractivity contribution >= 4 is 6.21 Å². The van der Waals surface area contributed by atoms with Crippen molar-refractivity contribution in [3.63, 3.8) is 0 Å². The quantitative estimate of drug-likeness (QED) is 0.240. The first-order valence-corrected chi connectivity index (χ1v) is 13.6. The molecule has 37 heavy (non-hydrogen) atoms. The van der Waals surface area contributed by atoms with E-state index in [2.05, 4.69) is 42.7 Å². The minimum Gasteiger partial charge on any atom is -0.592 e. The summed E-state index contributed by atoms with van der Waals surface area (Å²) < 4.78 is 12.1. The summed E-state index contributed by atoms with van der Waals surface area (Å²) in [4.78, 5) is 4.58. The van der Waals surface area contributed by atoms with Gasteiger partial charge in [-0.15, -0.1) is 4.99 Å². The highest BCUT2D eigenvalue weighted by atomic mass is 16.5. The van der Waals surface area contributed by atoms with E-state index < -0.39 is 12.2 Å². The summed E-state index contributed by atoms with van der Waals surface area (Å²) >= 11 is 0. The minimum atomic E-state index is -0.726. The van der Waals surface area contributed by atoms with Gasteiger partial charge in [0.15, 0.2) is 23.8 Å². The van der Waals surface area contributed by atoms with Crippen molar-refractivity contribution < 1.29 is 24.8 Å². The van der Waals surface area contributed by atoms with Crippen molar-refractivity contribution in [2.24, 2.45) is 10.9 Å². The average molecular weight is 513 g/mol. The molecule has 0 spiro atoms. The number of aromatic hydroxyl groups is 1. The molecule has 3 rings (SSSR count). The molecule has 0 fully saturated rings. The van der Waals surface area contributed by atoms with Crippen molar-refractivity contribution in [3.05, 3.63) is 59.7 Å². The number of benzene rings is 1. The number of ether oxygens (including phenoxy) is 2. The van der Waals surface area contributed by atoms with Gasteiger partial charge in [-0.3, -0.25) is 5.32 Å². The minimum absolute atomic E-state index is 0.115. The van der Waals surface area contributed by atoms with E-state index in [1.54, 1.807) is 13.0 Å². The number of allylic oxidation sites excluding steroid dienone is 2. The van der Waals surface area contributed by atoms with E-state index >= 15 is 0 Å². The number of aliphatic hydroxyl groups excluding tert-OH is 2. The van der Waals surface area contributed by atoms with E-state index in [4.69, 9.17) is 9.47 Å². The van der Waals surface area contributed by atoms with Crippen LogP contribution in [0.3, 0.4) is 0 Å². The third-order valence-electron chi connectivity index (χ3n) is 7.14. The number of phenolic OH excluding ortho intramolecular Hbond substituents is 1. The topological polar surface area (TPSA) is 104 Å². The lowest BCUT2D eigenvalue weighted by Gasteiger charge is -2.21. The Hall–Kier alpha value is -2.61. The van der Waals surface area contributed by atoms with Crippen molar-refractivity contribution in [1.29, 1.82) is 0 Å². The van der Waals surface area contributed by atoms with Gasteiger partial charge in [0.05, 0.1) is 18.3 Å². The van der Waals surface area contributed by atoms with Crippen molar-refractivity contribution in [2.75, 3.05) is 13.7 Å². The van der Waals surface area contributed by atoms with Gasteiger partial charge in [0.1, 0.15) is 18.2 Å². The fourth-order valence-corrected chi connectivity index (χ4v) is 4.46. The number of aryl methyl sites for hydroxylation is 1. The molecule has 2 aliphatic heterocycles. The second-order valence-electron chi connectivity index (χ2n) is 10.2. The molecule has 0 amide bonds. The first-order chi connectivity index (χ1) is 17.8. The van der Waals surface area contributed by atoms with Crippen LogP contribution in [0.2, 0.25) is 0 Å². The maximum Gasteiger partial charge on any atom is 0.176 e. The van der Waals surface area contributed by atoms with Crippen LogP contribution in [0.1, 0.15) is 64.9 Å². The molecule has 7 nitrogen and oxygen atoms in total. The Labute approximate surface area is 222 Å². The molecule has 5 unspecified atom stereocenters. The summed E-state index contributed by atoms with van der Waals surface area (Å²) in [6, 6.07) is 6.23. The zero-order chi connectivity index (χ0) is 26.8. The summed E-state index contributed by atoms with van der Waals surface area (Å²) in [5.74, 6) is 1.80. The number of rotatable bonds is 16. The van der Waals surface area contributed by atoms with E-state index in [9.17, 15) is 15.3 Å². The maximum absolute atomic E-state index is 10.4. The predicted molar refractivity (Wildman–Crippen MR) is 147 cm³/mol. The highest BCUT2D eigenvalue weighted by Crippen LogP contribution is 2.31. The van der Waals surface area contributed by atoms with Crippen LogP contribution < -0.4 is 10.1 Å². The summed E-state index contributed by atoms with van der Waals surface area (Å²) in [7, 11) is 1.86. The number of aliphatic hydroxyl groups is 2. The highest BCUT2D eigenvalue weighted by molar-refractivity contribution is 5.84. The van der Waals surface area contributed by atoms with Crippen molar-refractivity contribution in [3.8, 4) is 11.5 Å². The Bertz CT molecular complexity index is 942. The molecule has 204 valence electrons. The standard InChI is InChI=1S/C30H44N2O5/c1-5-6-7-24-12-13-25(37-24)11-9-22-10-15-29(35)30(16-22)36-19-27(31-4)26-17-23(18-32-26)20(2)8-14-28(34)21(3)33/h10,12-13,15-18,20-21,24,27-28,31,33-35H,5-9,11,14,19H2,1-4H3. The fourth-order valence-electron chi connectivity index (χ4n) is 4.46. The van der Waals surface area contributed by atoms with E-state index in [-0.39, 0.29) is 23.8 Å². The molecule has 4 N–H and O–H groups in total. The second kappa shape index (κ2) is 14.4. The smallest absolute Gasteiger partial charge is 0.176 e. The molecule has 0 bridgehead atoms. The van der Waals surface area contributed by atoms with Crippen LogP contribution in [-0.4, -0.2) is 59.5 Å². The fraction of sp³-hybridized carbons (Fsp3) is 0.567. The van der Waals surface area contributed by atoms with Gasteiger partial charge in [-0.2, -0.15) is 12.5 Å². The Morgan fingerprint density at radius 3 is 2.76 bits per heavy atom. The third kappa shape index (κ3) is 8.73. The predicted octanol–water partition coefficient (Wildman–Crippen LogP) is 4.67. The molecular formula is C30H44N2O5. The van der Waals surface area contributed by atoms with E-state index in [1.165, 1.54) is 12.8 Å². The zero-order valence-electron chi connectivity index (χ0n) is 22.7. The van der Waals surface area contributed by atoms with Crippen molar-refractivity contribution in [1.82, 2.24) is 5.32 Å². The van der Waals surface area contributed by atoms with Gasteiger partial charge in [0, 0.05) is 12.0 Å². The monoisotopic (exact) mass is 512 g/mol. The number of likely N-dealkylation sites (N-methyl/N-ethyl adjacent to an activating group) is 1. The van der Waals surface area contributed by atoms with E-state index in [1.807, 2.05) is 25.4 Å². The highest BCUT2D eigenvalue weighted by Gasteiger charge is 2.32. The summed E-state index contributed by atoms with van der Waals surface area (Å²) in [5.41, 5.74) is 2.17. The number of hydrogen-bond acceptors (Lipinski definition) is 7. The van der Waals surface area contributed by atoms with Gasteiger partial charge in [0.25, 0.3) is 0 Å². The van der Waals surface area contributed by atoms with Gasteiger partial charge in [0.2, 0.25) is 0 Å². The van der Waals surface area contributed by atoms with Crippen LogP contribution in [0.25, 0.3) is 0 Å². The molecule has 1 aromatic carbocycles. The van der Waals surface area contributed by atoms with Crippen LogP contribution in [0.15, 0.2) is 46.7 Å². The molecule has 5 atom stereocenters. The van der Waals surface area contributed by atoms with E-state index in [0.29, 0.717) is 18.8 Å². The van der Waals surface area contributed by atoms with Gasteiger partial charge >= 0.3 is 0 Å². The Balaban J connectivity index is 1.50. The number of nitrogens with one attached hydrogen (secondary N) is 1. The first-order valence-electron chi connectivity index (χ1n) is 13.6. The van der Waals surface area contributed by atoms with Crippen LogP contribution in [0, 0.1) is 18.4 Å². The van der Waals surface area contributed by atoms with Gasteiger partial charge in [-0.05, 0) is 64.3 Å². The number of unbranched alkanes of at least 4 members (excludes halogenated alkanes) is 1. The molecule has 0 saturated heterocycles. The van der Waals surface area contributed by atoms with Crippen LogP contribution in [-0.2, 0) is 11.2 Å². The van der Waals surface area contributed by atoms with Gasteiger partial charge < -0.3 is 24.8 Å². The average Bonchev–Trinajstić information content (AvgIpc) is 3.56.